The molecule has 0 bridgehead atoms. The van der Waals surface area contributed by atoms with Gasteiger partial charge >= 0.3 is 0 Å². The minimum Gasteiger partial charge on any atom is -0.460 e. The normalized spacial score (nSPS) is 14.2. The highest BCUT2D eigenvalue weighted by Gasteiger charge is 2.15. The first-order valence-electron chi connectivity index (χ1n) is 7.18. The summed E-state index contributed by atoms with van der Waals surface area (Å²) in [4.78, 5) is 4.43. The van der Waals surface area contributed by atoms with E-state index in [2.05, 4.69) is 59.7 Å². The Balaban J connectivity index is 1.79. The first-order valence-corrected chi connectivity index (χ1v) is 7.18. The van der Waals surface area contributed by atoms with Crippen LogP contribution in [0.4, 0.5) is 0 Å². The molecule has 1 aliphatic rings. The molecular formula is C18H16N2O. The van der Waals surface area contributed by atoms with Crippen molar-refractivity contribution in [3.63, 3.8) is 0 Å². The maximum Gasteiger partial charge on any atom is 0.176 e. The van der Waals surface area contributed by atoms with Crippen LogP contribution in [0.2, 0.25) is 0 Å². The summed E-state index contributed by atoms with van der Waals surface area (Å²) in [7, 11) is 0. The van der Waals surface area contributed by atoms with E-state index in [4.69, 9.17) is 4.42 Å². The Morgan fingerprint density at radius 2 is 1.86 bits per heavy atom. The maximum absolute atomic E-state index is 5.72. The summed E-state index contributed by atoms with van der Waals surface area (Å²) < 4.78 is 5.72. The number of fused-ring (bicyclic) bond motifs is 1. The monoisotopic (exact) mass is 276 g/mol. The smallest absolute Gasteiger partial charge is 0.176 e. The van der Waals surface area contributed by atoms with Crippen LogP contribution in [0.15, 0.2) is 58.1 Å². The Bertz CT molecular complexity index is 828. The molecule has 0 amide bonds. The van der Waals surface area contributed by atoms with Gasteiger partial charge in [0.1, 0.15) is 0 Å². The third-order valence-corrected chi connectivity index (χ3v) is 3.87. The molecule has 0 spiro atoms. The van der Waals surface area contributed by atoms with Crippen molar-refractivity contribution in [2.45, 2.75) is 6.92 Å². The van der Waals surface area contributed by atoms with Gasteiger partial charge in [0, 0.05) is 17.3 Å². The van der Waals surface area contributed by atoms with Gasteiger partial charge in [0.2, 0.25) is 0 Å². The second kappa shape index (κ2) is 4.77. The summed E-state index contributed by atoms with van der Waals surface area (Å²) in [5.74, 6) is 1.71. The zero-order valence-corrected chi connectivity index (χ0v) is 11.9. The molecule has 0 radical (unpaired) electrons. The zero-order valence-electron chi connectivity index (χ0n) is 11.9. The second-order valence-corrected chi connectivity index (χ2v) is 5.39. The molecule has 1 N–H and O–H groups in total. The number of hydrogen-bond acceptors (Lipinski definition) is 3. The summed E-state index contributed by atoms with van der Waals surface area (Å²) >= 11 is 0. The number of benzene rings is 2. The van der Waals surface area contributed by atoms with Crippen LogP contribution in [0.3, 0.4) is 0 Å². The lowest BCUT2D eigenvalue weighted by Crippen LogP contribution is -2.18. The molecule has 0 saturated heterocycles. The summed E-state index contributed by atoms with van der Waals surface area (Å²) in [5.41, 5.74) is 3.70. The molecule has 2 heterocycles. The number of rotatable bonds is 2. The van der Waals surface area contributed by atoms with E-state index in [0.717, 1.165) is 35.5 Å². The van der Waals surface area contributed by atoms with Gasteiger partial charge < -0.3 is 9.73 Å². The van der Waals surface area contributed by atoms with Crippen LogP contribution in [-0.4, -0.2) is 18.9 Å². The van der Waals surface area contributed by atoms with Crippen LogP contribution < -0.4 is 5.32 Å². The highest BCUT2D eigenvalue weighted by molar-refractivity contribution is 6.08. The summed E-state index contributed by atoms with van der Waals surface area (Å²) in [6, 6.07) is 15.0. The van der Waals surface area contributed by atoms with Crippen molar-refractivity contribution < 1.29 is 4.42 Å². The van der Waals surface area contributed by atoms with E-state index in [1.165, 1.54) is 16.7 Å². The van der Waals surface area contributed by atoms with Gasteiger partial charge in [-0.3, -0.25) is 4.99 Å². The molecule has 3 heteroatoms. The zero-order chi connectivity index (χ0) is 14.2. The fourth-order valence-corrected chi connectivity index (χ4v) is 2.71. The predicted molar refractivity (Wildman–Crippen MR) is 85.8 cm³/mol. The standard InChI is InChI=1S/C18H16N2O/c1-12-2-4-13(5-3-12)14-6-7-16-15(10-14)11-21-17(16)18-19-8-9-20-18/h2-7,10-11H,8-9H2,1H3,(H,19,20). The Morgan fingerprint density at radius 1 is 1.05 bits per heavy atom. The minimum atomic E-state index is 0.818. The number of amidine groups is 1. The average molecular weight is 276 g/mol. The Morgan fingerprint density at radius 3 is 2.62 bits per heavy atom. The molecule has 21 heavy (non-hydrogen) atoms. The van der Waals surface area contributed by atoms with Crippen molar-refractivity contribution in [1.82, 2.24) is 5.32 Å². The molecule has 1 aliphatic heterocycles. The number of aryl methyl sites for hydroxylation is 1. The Kier molecular flexibility index (Phi) is 2.78. The van der Waals surface area contributed by atoms with Gasteiger partial charge in [-0.05, 0) is 30.2 Å². The van der Waals surface area contributed by atoms with Crippen molar-refractivity contribution in [2.75, 3.05) is 13.1 Å². The lowest BCUT2D eigenvalue weighted by Gasteiger charge is -2.03. The lowest BCUT2D eigenvalue weighted by molar-refractivity contribution is 0.560. The van der Waals surface area contributed by atoms with E-state index in [1.54, 1.807) is 0 Å². The van der Waals surface area contributed by atoms with Crippen LogP contribution in [-0.2, 0) is 0 Å². The summed E-state index contributed by atoms with van der Waals surface area (Å²) in [6.07, 6.45) is 1.81. The SMILES string of the molecule is Cc1ccc(-c2ccc3c(C4=NCCN4)occ3c2)cc1. The van der Waals surface area contributed by atoms with Gasteiger partial charge in [0.05, 0.1) is 12.8 Å². The highest BCUT2D eigenvalue weighted by atomic mass is 16.3. The van der Waals surface area contributed by atoms with Crippen molar-refractivity contribution in [3.05, 3.63) is 60.1 Å². The fraction of sp³-hybridized carbons (Fsp3) is 0.167. The molecule has 0 aliphatic carbocycles. The van der Waals surface area contributed by atoms with Crippen LogP contribution in [0.5, 0.6) is 0 Å². The molecular weight excluding hydrogens is 260 g/mol. The average Bonchev–Trinajstić information content (AvgIpc) is 3.16. The first kappa shape index (κ1) is 12.2. The van der Waals surface area contributed by atoms with Crippen LogP contribution in [0.1, 0.15) is 11.3 Å². The van der Waals surface area contributed by atoms with E-state index in [0.29, 0.717) is 0 Å². The van der Waals surface area contributed by atoms with E-state index >= 15 is 0 Å². The minimum absolute atomic E-state index is 0.818. The van der Waals surface area contributed by atoms with Gasteiger partial charge in [-0.2, -0.15) is 0 Å². The van der Waals surface area contributed by atoms with Gasteiger partial charge in [-0.1, -0.05) is 35.9 Å². The van der Waals surface area contributed by atoms with Crippen LogP contribution in [0.25, 0.3) is 21.9 Å². The number of hydrogen-bond donors (Lipinski definition) is 1. The molecule has 0 atom stereocenters. The molecule has 3 nitrogen and oxygen atoms in total. The molecule has 0 unspecified atom stereocenters. The Hall–Kier alpha value is -2.55. The van der Waals surface area contributed by atoms with Gasteiger partial charge in [-0.15, -0.1) is 0 Å². The third-order valence-electron chi connectivity index (χ3n) is 3.87. The van der Waals surface area contributed by atoms with Gasteiger partial charge in [-0.25, -0.2) is 0 Å². The van der Waals surface area contributed by atoms with Crippen LogP contribution >= 0.6 is 0 Å². The molecule has 0 fully saturated rings. The van der Waals surface area contributed by atoms with E-state index in [9.17, 15) is 0 Å². The van der Waals surface area contributed by atoms with Crippen molar-refractivity contribution >= 4 is 16.6 Å². The number of aliphatic imine (C=N–C) groups is 1. The Labute approximate surface area is 123 Å². The second-order valence-electron chi connectivity index (χ2n) is 5.39. The van der Waals surface area contributed by atoms with Crippen molar-refractivity contribution in [2.24, 2.45) is 4.99 Å². The predicted octanol–water partition coefficient (Wildman–Crippen LogP) is 3.76. The largest absolute Gasteiger partial charge is 0.460 e. The molecule has 2 aromatic carbocycles. The lowest BCUT2D eigenvalue weighted by atomic mass is 10.0. The van der Waals surface area contributed by atoms with E-state index in [-0.39, 0.29) is 0 Å². The van der Waals surface area contributed by atoms with Crippen molar-refractivity contribution in [1.29, 1.82) is 0 Å². The van der Waals surface area contributed by atoms with E-state index in [1.807, 2.05) is 6.26 Å². The fourth-order valence-electron chi connectivity index (χ4n) is 2.71. The first-order chi connectivity index (χ1) is 10.3. The molecule has 4 rings (SSSR count). The molecule has 1 aromatic heterocycles. The number of nitrogens with zero attached hydrogens (tertiary/aromatic N) is 1. The quantitative estimate of drug-likeness (QED) is 0.774. The highest BCUT2D eigenvalue weighted by Crippen LogP contribution is 2.28. The van der Waals surface area contributed by atoms with E-state index < -0.39 is 0 Å². The summed E-state index contributed by atoms with van der Waals surface area (Å²) in [6.45, 7) is 3.81. The third kappa shape index (κ3) is 2.11. The molecule has 3 aromatic rings. The van der Waals surface area contributed by atoms with Gasteiger partial charge in [0.15, 0.2) is 11.6 Å². The van der Waals surface area contributed by atoms with Gasteiger partial charge in [0.25, 0.3) is 0 Å². The maximum atomic E-state index is 5.72. The number of nitrogens with one attached hydrogen (secondary N) is 1. The van der Waals surface area contributed by atoms with Crippen LogP contribution in [0, 0.1) is 6.92 Å². The topological polar surface area (TPSA) is 37.5 Å². The molecule has 104 valence electrons. The van der Waals surface area contributed by atoms with Crippen molar-refractivity contribution in [3.8, 4) is 11.1 Å². The summed E-state index contributed by atoms with van der Waals surface area (Å²) in [5, 5.41) is 5.48. The molecule has 0 saturated carbocycles. The number of furan rings is 1.